The van der Waals surface area contributed by atoms with E-state index in [1.54, 1.807) is 24.3 Å². The van der Waals surface area contributed by atoms with Crippen molar-refractivity contribution in [1.29, 1.82) is 0 Å². The topological polar surface area (TPSA) is 47.9 Å². The van der Waals surface area contributed by atoms with Gasteiger partial charge in [-0.2, -0.15) is 52.7 Å². The lowest BCUT2D eigenvalue weighted by Crippen LogP contribution is -2.61. The molecule has 1 aliphatic carbocycles. The van der Waals surface area contributed by atoms with Crippen molar-refractivity contribution >= 4 is 11.7 Å². The van der Waals surface area contributed by atoms with Crippen molar-refractivity contribution in [2.45, 2.75) is 43.0 Å². The van der Waals surface area contributed by atoms with E-state index in [1.165, 1.54) is 12.1 Å². The summed E-state index contributed by atoms with van der Waals surface area (Å²) in [5.74, 6) is -22.7. The molecule has 0 amide bonds. The Hall–Kier alpha value is -3.46. The molecule has 0 spiro atoms. The molecule has 0 aromatic heterocycles. The number of hydrogen-bond donors (Lipinski definition) is 0. The van der Waals surface area contributed by atoms with Gasteiger partial charge in [0.15, 0.2) is 12.3 Å². The molecule has 0 radical (unpaired) electrons. The van der Waals surface area contributed by atoms with E-state index in [0.29, 0.717) is 17.5 Å². The summed E-state index contributed by atoms with van der Waals surface area (Å²) in [5, 5.41) is 2.92. The number of halogens is 12. The maximum atomic E-state index is 13.5. The zero-order chi connectivity index (χ0) is 29.4. The Kier molecular flexibility index (Phi) is 7.91. The van der Waals surface area contributed by atoms with Gasteiger partial charge in [-0.15, -0.1) is 0 Å². The summed E-state index contributed by atoms with van der Waals surface area (Å²) < 4.78 is 160. The Balaban J connectivity index is 1.61. The van der Waals surface area contributed by atoms with Gasteiger partial charge < -0.3 is 9.57 Å². The molecular formula is C23H15F12NO3. The SMILES string of the molecule is O=C(CC(F)(F)C(F)(F)C(F)(F)C(F)(F)F)OCCON=C(c1ccc2c(c1)Cc1ccccc1-2)C(F)(F)F. The Morgan fingerprint density at radius 3 is 2.00 bits per heavy atom. The molecule has 0 saturated heterocycles. The van der Waals surface area contributed by atoms with Gasteiger partial charge in [0.05, 0.1) is 0 Å². The zero-order valence-corrected chi connectivity index (χ0v) is 19.1. The van der Waals surface area contributed by atoms with Crippen molar-refractivity contribution < 1.29 is 67.1 Å². The molecule has 0 unspecified atom stereocenters. The van der Waals surface area contributed by atoms with Gasteiger partial charge in [0.25, 0.3) is 0 Å². The highest BCUT2D eigenvalue weighted by Gasteiger charge is 2.81. The fourth-order valence-corrected chi connectivity index (χ4v) is 3.61. The molecule has 0 atom stereocenters. The molecule has 1 aliphatic rings. The fourth-order valence-electron chi connectivity index (χ4n) is 3.61. The second kappa shape index (κ2) is 10.3. The number of carbonyl (C=O) groups excluding carboxylic acids is 1. The molecule has 39 heavy (non-hydrogen) atoms. The van der Waals surface area contributed by atoms with Crippen LogP contribution in [0.1, 0.15) is 23.1 Å². The first kappa shape index (κ1) is 30.1. The third-order valence-electron chi connectivity index (χ3n) is 5.51. The Bertz CT molecular complexity index is 1250. The van der Waals surface area contributed by atoms with Crippen molar-refractivity contribution in [3.8, 4) is 11.1 Å². The number of rotatable bonds is 9. The van der Waals surface area contributed by atoms with E-state index >= 15 is 0 Å². The van der Waals surface area contributed by atoms with Crippen LogP contribution in [-0.2, 0) is 20.8 Å². The van der Waals surface area contributed by atoms with E-state index in [1.807, 2.05) is 0 Å². The first-order valence-electron chi connectivity index (χ1n) is 10.6. The number of esters is 1. The first-order chi connectivity index (χ1) is 17.8. The van der Waals surface area contributed by atoms with Gasteiger partial charge in [-0.1, -0.05) is 41.6 Å². The van der Waals surface area contributed by atoms with Crippen LogP contribution in [0.25, 0.3) is 11.1 Å². The molecule has 0 heterocycles. The summed E-state index contributed by atoms with van der Waals surface area (Å²) in [5.41, 5.74) is 1.07. The second-order valence-corrected chi connectivity index (χ2v) is 8.22. The molecule has 2 aromatic rings. The first-order valence-corrected chi connectivity index (χ1v) is 10.6. The van der Waals surface area contributed by atoms with Crippen molar-refractivity contribution in [1.82, 2.24) is 0 Å². The molecule has 0 N–H and O–H groups in total. The maximum absolute atomic E-state index is 13.5. The van der Waals surface area contributed by atoms with Crippen molar-refractivity contribution in [2.24, 2.45) is 5.16 Å². The Labute approximate surface area is 211 Å². The molecule has 0 bridgehead atoms. The number of fused-ring (bicyclic) bond motifs is 3. The lowest BCUT2D eigenvalue weighted by atomic mass is 10.0. The van der Waals surface area contributed by atoms with Crippen LogP contribution in [0.2, 0.25) is 0 Å². The summed E-state index contributed by atoms with van der Waals surface area (Å²) in [7, 11) is 0. The fraction of sp³-hybridized carbons (Fsp3) is 0.391. The zero-order valence-electron chi connectivity index (χ0n) is 19.1. The van der Waals surface area contributed by atoms with Gasteiger partial charge in [-0.05, 0) is 34.7 Å². The minimum absolute atomic E-state index is 0.347. The summed E-state index contributed by atoms with van der Waals surface area (Å²) in [4.78, 5) is 15.7. The van der Waals surface area contributed by atoms with Gasteiger partial charge in [-0.25, -0.2) is 0 Å². The highest BCUT2D eigenvalue weighted by atomic mass is 19.4. The number of nitrogens with zero attached hydrogens (tertiary/aromatic N) is 1. The normalized spacial score (nSPS) is 14.6. The van der Waals surface area contributed by atoms with E-state index in [9.17, 15) is 57.5 Å². The largest absolute Gasteiger partial charge is 0.462 e. The lowest BCUT2D eigenvalue weighted by molar-refractivity contribution is -0.395. The lowest BCUT2D eigenvalue weighted by Gasteiger charge is -2.33. The minimum Gasteiger partial charge on any atom is -0.462 e. The van der Waals surface area contributed by atoms with Crippen LogP contribution < -0.4 is 0 Å². The molecular weight excluding hydrogens is 566 g/mol. The minimum atomic E-state index is -7.18. The van der Waals surface area contributed by atoms with Crippen LogP contribution in [-0.4, -0.2) is 55.0 Å². The molecule has 0 fully saturated rings. The van der Waals surface area contributed by atoms with E-state index in [0.717, 1.165) is 17.2 Å². The number of hydrogen-bond acceptors (Lipinski definition) is 4. The van der Waals surface area contributed by atoms with Crippen molar-refractivity contribution in [3.05, 3.63) is 59.2 Å². The van der Waals surface area contributed by atoms with E-state index in [-0.39, 0.29) is 0 Å². The molecule has 0 aliphatic heterocycles. The molecule has 214 valence electrons. The summed E-state index contributed by atoms with van der Waals surface area (Å²) in [6.07, 6.45) is -14.7. The number of oxime groups is 1. The molecule has 0 saturated carbocycles. The van der Waals surface area contributed by atoms with Crippen LogP contribution in [0, 0.1) is 0 Å². The van der Waals surface area contributed by atoms with E-state index in [2.05, 4.69) is 14.7 Å². The maximum Gasteiger partial charge on any atom is 0.460 e. The van der Waals surface area contributed by atoms with E-state index < -0.39 is 67.0 Å². The number of ether oxygens (including phenoxy) is 1. The Morgan fingerprint density at radius 2 is 1.38 bits per heavy atom. The second-order valence-electron chi connectivity index (χ2n) is 8.22. The summed E-state index contributed by atoms with van der Waals surface area (Å²) in [6.45, 7) is -2.22. The van der Waals surface area contributed by atoms with Crippen LogP contribution in [0.5, 0.6) is 0 Å². The average molecular weight is 581 g/mol. The summed E-state index contributed by atoms with van der Waals surface area (Å²) >= 11 is 0. The predicted molar refractivity (Wildman–Crippen MR) is 110 cm³/mol. The number of benzene rings is 2. The molecule has 4 nitrogen and oxygen atoms in total. The van der Waals surface area contributed by atoms with Gasteiger partial charge >= 0.3 is 36.1 Å². The highest BCUT2D eigenvalue weighted by molar-refractivity contribution is 6.05. The van der Waals surface area contributed by atoms with Crippen LogP contribution in [0.4, 0.5) is 52.7 Å². The molecule has 2 aromatic carbocycles. The van der Waals surface area contributed by atoms with Gasteiger partial charge in [0, 0.05) is 5.56 Å². The van der Waals surface area contributed by atoms with Crippen LogP contribution in [0.15, 0.2) is 47.6 Å². The van der Waals surface area contributed by atoms with Crippen molar-refractivity contribution in [2.75, 3.05) is 13.2 Å². The highest BCUT2D eigenvalue weighted by Crippen LogP contribution is 2.54. The Morgan fingerprint density at radius 1 is 0.769 bits per heavy atom. The summed E-state index contributed by atoms with van der Waals surface area (Å²) in [6, 6.07) is 10.9. The van der Waals surface area contributed by atoms with Crippen LogP contribution in [0.3, 0.4) is 0 Å². The van der Waals surface area contributed by atoms with Gasteiger partial charge in [-0.3, -0.25) is 4.79 Å². The van der Waals surface area contributed by atoms with Crippen LogP contribution >= 0.6 is 0 Å². The molecule has 16 heteroatoms. The molecule has 3 rings (SSSR count). The standard InChI is InChI=1S/C23H15F12NO3/c24-19(25,21(29,30)22(31,32)23(33,34)35)11-17(37)38-7-8-39-36-18(20(26,27)28)13-5-6-16-14(10-13)9-12-3-1-2-4-15(12)16/h1-6,10H,7-9,11H2. The van der Waals surface area contributed by atoms with Crippen molar-refractivity contribution in [3.63, 3.8) is 0 Å². The smallest absolute Gasteiger partial charge is 0.460 e. The third-order valence-corrected chi connectivity index (χ3v) is 5.51. The van der Waals surface area contributed by atoms with Gasteiger partial charge in [0.2, 0.25) is 0 Å². The van der Waals surface area contributed by atoms with E-state index in [4.69, 9.17) is 0 Å². The quantitative estimate of drug-likeness (QED) is 0.0905. The monoisotopic (exact) mass is 581 g/mol. The predicted octanol–water partition coefficient (Wildman–Crippen LogP) is 6.94. The number of alkyl halides is 12. The third kappa shape index (κ3) is 5.93. The average Bonchev–Trinajstić information content (AvgIpc) is 3.17. The van der Waals surface area contributed by atoms with Gasteiger partial charge in [0.1, 0.15) is 13.0 Å². The number of carbonyl (C=O) groups is 1.